The van der Waals surface area contributed by atoms with E-state index in [1.54, 1.807) is 0 Å². The van der Waals surface area contributed by atoms with Crippen molar-refractivity contribution in [1.29, 1.82) is 0 Å². The van der Waals surface area contributed by atoms with Crippen LogP contribution in [-0.2, 0) is 19.1 Å². The Bertz CT molecular complexity index is 297. The van der Waals surface area contributed by atoms with Gasteiger partial charge in [-0.1, -0.05) is 54.6 Å². The van der Waals surface area contributed by atoms with Gasteiger partial charge in [0.25, 0.3) is 0 Å². The zero-order chi connectivity index (χ0) is 14.0. The number of esters is 2. The summed E-state index contributed by atoms with van der Waals surface area (Å²) in [6.45, 7) is 2.00. The molecule has 0 spiro atoms. The Labute approximate surface area is 121 Å². The molecule has 0 amide bonds. The van der Waals surface area contributed by atoms with E-state index >= 15 is 0 Å². The molecule has 0 fully saturated rings. The van der Waals surface area contributed by atoms with E-state index in [9.17, 15) is 9.59 Å². The van der Waals surface area contributed by atoms with Gasteiger partial charge in [-0.05, 0) is 6.42 Å². The summed E-state index contributed by atoms with van der Waals surface area (Å²) in [5.74, 6) is -1.37. The van der Waals surface area contributed by atoms with Crippen molar-refractivity contribution in [2.75, 3.05) is 13.2 Å². The highest BCUT2D eigenvalue weighted by molar-refractivity contribution is 6.67. The maximum atomic E-state index is 11.1. The fourth-order valence-corrected chi connectivity index (χ4v) is 1.07. The van der Waals surface area contributed by atoms with Gasteiger partial charge >= 0.3 is 11.9 Å². The molecule has 0 saturated carbocycles. The minimum Gasteiger partial charge on any atom is -0.463 e. The second-order valence-corrected chi connectivity index (χ2v) is 5.95. The summed E-state index contributed by atoms with van der Waals surface area (Å²) in [5.41, 5.74) is 0. The van der Waals surface area contributed by atoms with E-state index in [4.69, 9.17) is 39.5 Å². The largest absolute Gasteiger partial charge is 0.463 e. The molecule has 0 aromatic rings. The maximum absolute atomic E-state index is 11.1. The first-order valence-electron chi connectivity index (χ1n) is 5.43. The molecular weight excluding hydrogens is 302 g/mol. The smallest absolute Gasteiger partial charge is 0.331 e. The van der Waals surface area contributed by atoms with Crippen molar-refractivity contribution in [3.63, 3.8) is 0 Å². The van der Waals surface area contributed by atoms with Gasteiger partial charge in [0, 0.05) is 12.2 Å². The standard InChI is InChI=1S/C11H15Cl3O4/c1-2-3-4-7-17-9(15)5-6-10(16)18-8-11(12,13)14/h5-6H,2-4,7-8H2,1H3/b6-5+. The minimum atomic E-state index is -1.66. The lowest BCUT2D eigenvalue weighted by molar-refractivity contribution is -0.140. The molecule has 0 aliphatic heterocycles. The molecule has 0 saturated heterocycles. The van der Waals surface area contributed by atoms with Gasteiger partial charge in [0.1, 0.15) is 6.61 Å². The number of rotatable bonds is 7. The van der Waals surface area contributed by atoms with E-state index in [0.29, 0.717) is 6.61 Å². The van der Waals surface area contributed by atoms with Crippen molar-refractivity contribution in [3.8, 4) is 0 Å². The molecule has 0 bridgehead atoms. The minimum absolute atomic E-state index is 0.334. The molecule has 0 atom stereocenters. The third kappa shape index (κ3) is 12.0. The normalized spacial score (nSPS) is 11.6. The summed E-state index contributed by atoms with van der Waals surface area (Å²) in [6.07, 6.45) is 4.73. The van der Waals surface area contributed by atoms with E-state index in [1.807, 2.05) is 6.92 Å². The van der Waals surface area contributed by atoms with Gasteiger partial charge in [-0.25, -0.2) is 9.59 Å². The lowest BCUT2D eigenvalue weighted by atomic mass is 10.3. The fraction of sp³-hybridized carbons (Fsp3) is 0.636. The van der Waals surface area contributed by atoms with Crippen LogP contribution in [0, 0.1) is 0 Å². The molecule has 0 aromatic heterocycles. The topological polar surface area (TPSA) is 52.6 Å². The molecule has 0 rings (SSSR count). The van der Waals surface area contributed by atoms with E-state index < -0.39 is 15.7 Å². The Kier molecular flexibility index (Phi) is 9.24. The molecule has 0 N–H and O–H groups in total. The Morgan fingerprint density at radius 2 is 1.61 bits per heavy atom. The Balaban J connectivity index is 3.78. The zero-order valence-electron chi connectivity index (χ0n) is 9.96. The maximum Gasteiger partial charge on any atom is 0.331 e. The number of unbranched alkanes of at least 4 members (excludes halogenated alkanes) is 2. The summed E-state index contributed by atoms with van der Waals surface area (Å²) in [7, 11) is 0. The van der Waals surface area contributed by atoms with Gasteiger partial charge < -0.3 is 9.47 Å². The highest BCUT2D eigenvalue weighted by atomic mass is 35.6. The van der Waals surface area contributed by atoms with Crippen molar-refractivity contribution in [1.82, 2.24) is 0 Å². The van der Waals surface area contributed by atoms with Gasteiger partial charge in [0.05, 0.1) is 6.61 Å². The van der Waals surface area contributed by atoms with Gasteiger partial charge in [0.15, 0.2) is 0 Å². The lowest BCUT2D eigenvalue weighted by Crippen LogP contribution is -2.16. The molecule has 0 aliphatic rings. The predicted molar refractivity (Wildman–Crippen MR) is 70.9 cm³/mol. The highest BCUT2D eigenvalue weighted by Crippen LogP contribution is 2.25. The van der Waals surface area contributed by atoms with Crippen LogP contribution in [0.1, 0.15) is 26.2 Å². The number of hydrogen-bond acceptors (Lipinski definition) is 4. The summed E-state index contributed by atoms with van der Waals surface area (Å²) in [5, 5.41) is 0. The van der Waals surface area contributed by atoms with Crippen LogP contribution >= 0.6 is 34.8 Å². The third-order valence-corrected chi connectivity index (χ3v) is 2.05. The van der Waals surface area contributed by atoms with E-state index in [2.05, 4.69) is 4.74 Å². The van der Waals surface area contributed by atoms with Crippen molar-refractivity contribution >= 4 is 46.7 Å². The number of hydrogen-bond donors (Lipinski definition) is 0. The van der Waals surface area contributed by atoms with Crippen LogP contribution in [0.25, 0.3) is 0 Å². The Hall–Kier alpha value is -0.450. The monoisotopic (exact) mass is 316 g/mol. The second kappa shape index (κ2) is 9.48. The Morgan fingerprint density at radius 1 is 1.06 bits per heavy atom. The molecular formula is C11H15Cl3O4. The predicted octanol–water partition coefficient (Wildman–Crippen LogP) is 3.19. The number of ether oxygens (including phenoxy) is 2. The zero-order valence-corrected chi connectivity index (χ0v) is 12.2. The van der Waals surface area contributed by atoms with Crippen LogP contribution in [0.4, 0.5) is 0 Å². The average molecular weight is 318 g/mol. The molecule has 7 heteroatoms. The van der Waals surface area contributed by atoms with Crippen LogP contribution in [0.5, 0.6) is 0 Å². The Morgan fingerprint density at radius 3 is 2.11 bits per heavy atom. The van der Waals surface area contributed by atoms with Crippen molar-refractivity contribution in [2.24, 2.45) is 0 Å². The van der Waals surface area contributed by atoms with Crippen molar-refractivity contribution in [2.45, 2.75) is 30.0 Å². The van der Waals surface area contributed by atoms with E-state index in [1.165, 1.54) is 0 Å². The van der Waals surface area contributed by atoms with Crippen LogP contribution < -0.4 is 0 Å². The summed E-state index contributed by atoms with van der Waals surface area (Å²) >= 11 is 16.1. The molecule has 0 aromatic carbocycles. The molecule has 4 nitrogen and oxygen atoms in total. The quantitative estimate of drug-likeness (QED) is 0.313. The first kappa shape index (κ1) is 17.6. The van der Waals surface area contributed by atoms with Crippen molar-refractivity contribution in [3.05, 3.63) is 12.2 Å². The molecule has 0 unspecified atom stereocenters. The van der Waals surface area contributed by atoms with Crippen molar-refractivity contribution < 1.29 is 19.1 Å². The van der Waals surface area contributed by atoms with Crippen LogP contribution in [0.15, 0.2) is 12.2 Å². The SMILES string of the molecule is CCCCCOC(=O)/C=C/C(=O)OCC(Cl)(Cl)Cl. The summed E-state index contributed by atoms with van der Waals surface area (Å²) in [4.78, 5) is 22.2. The molecule has 18 heavy (non-hydrogen) atoms. The highest BCUT2D eigenvalue weighted by Gasteiger charge is 2.21. The molecule has 0 heterocycles. The molecule has 104 valence electrons. The number of carbonyl (C=O) groups excluding carboxylic acids is 2. The van der Waals surface area contributed by atoms with Gasteiger partial charge in [-0.2, -0.15) is 0 Å². The van der Waals surface area contributed by atoms with E-state index in [0.717, 1.165) is 31.4 Å². The molecule has 0 radical (unpaired) electrons. The van der Waals surface area contributed by atoms with Crippen LogP contribution in [-0.4, -0.2) is 28.9 Å². The lowest BCUT2D eigenvalue weighted by Gasteiger charge is -2.09. The van der Waals surface area contributed by atoms with Crippen LogP contribution in [0.2, 0.25) is 0 Å². The summed E-state index contributed by atoms with van der Waals surface area (Å²) < 4.78 is 7.74. The summed E-state index contributed by atoms with van der Waals surface area (Å²) in [6, 6.07) is 0. The van der Waals surface area contributed by atoms with Crippen LogP contribution in [0.3, 0.4) is 0 Å². The second-order valence-electron chi connectivity index (χ2n) is 3.43. The molecule has 0 aliphatic carbocycles. The first-order valence-corrected chi connectivity index (χ1v) is 6.57. The number of alkyl halides is 3. The number of carbonyl (C=O) groups is 2. The average Bonchev–Trinajstić information content (AvgIpc) is 2.28. The van der Waals surface area contributed by atoms with Gasteiger partial charge in [-0.15, -0.1) is 0 Å². The van der Waals surface area contributed by atoms with Gasteiger partial charge in [0.2, 0.25) is 3.79 Å². The van der Waals surface area contributed by atoms with Gasteiger partial charge in [-0.3, -0.25) is 0 Å². The van der Waals surface area contributed by atoms with E-state index in [-0.39, 0.29) is 6.61 Å². The first-order chi connectivity index (χ1) is 8.35. The number of halogens is 3. The third-order valence-electron chi connectivity index (χ3n) is 1.73. The fourth-order valence-electron chi connectivity index (χ4n) is 0.910.